The van der Waals surface area contributed by atoms with Crippen molar-refractivity contribution >= 4 is 27.2 Å². The Labute approximate surface area is 229 Å². The lowest BCUT2D eigenvalue weighted by atomic mass is 9.87. The molecule has 1 aliphatic heterocycles. The fourth-order valence-corrected chi connectivity index (χ4v) is 5.37. The van der Waals surface area contributed by atoms with Gasteiger partial charge in [-0.1, -0.05) is 114 Å². The summed E-state index contributed by atoms with van der Waals surface area (Å²) in [6.45, 7) is 9.95. The Balaban J connectivity index is 1.35. The van der Waals surface area contributed by atoms with Crippen molar-refractivity contribution in [1.29, 1.82) is 0 Å². The van der Waals surface area contributed by atoms with Crippen LogP contribution in [-0.4, -0.2) is 5.01 Å². The van der Waals surface area contributed by atoms with Gasteiger partial charge >= 0.3 is 0 Å². The first-order valence-corrected chi connectivity index (χ1v) is 14.5. The normalized spacial score (nSPS) is 14.1. The number of nitrogens with one attached hydrogen (secondary N) is 1. The second-order valence-corrected chi connectivity index (χ2v) is 11.9. The summed E-state index contributed by atoms with van der Waals surface area (Å²) in [5.74, 6) is 0. The maximum atomic E-state index is 3.69. The van der Waals surface area contributed by atoms with E-state index < -0.39 is 0 Å². The quantitative estimate of drug-likeness (QED) is 0.171. The Hall–Kier alpha value is -3.30. The van der Waals surface area contributed by atoms with E-state index in [9.17, 15) is 0 Å². The summed E-state index contributed by atoms with van der Waals surface area (Å²) < 4.78 is 0. The second kappa shape index (κ2) is 11.6. The van der Waals surface area contributed by atoms with Gasteiger partial charge in [-0.05, 0) is 75.2 Å². The van der Waals surface area contributed by atoms with E-state index in [2.05, 4.69) is 128 Å². The molecule has 3 nitrogen and oxygen atoms in total. The number of hydrogen-bond acceptors (Lipinski definition) is 3. The first kappa shape index (κ1) is 26.3. The smallest absolute Gasteiger partial charge is 0.0609 e. The van der Waals surface area contributed by atoms with Gasteiger partial charge in [0.25, 0.3) is 0 Å². The Morgan fingerprint density at radius 2 is 1.34 bits per heavy atom. The highest BCUT2D eigenvalue weighted by molar-refractivity contribution is 5.99. The topological polar surface area (TPSA) is 18.5 Å². The highest BCUT2D eigenvalue weighted by atomic mass is 15.8. The van der Waals surface area contributed by atoms with E-state index in [1.165, 1.54) is 82.6 Å². The molecule has 0 fully saturated rings. The van der Waals surface area contributed by atoms with E-state index in [1.807, 2.05) is 0 Å². The van der Waals surface area contributed by atoms with Crippen molar-refractivity contribution < 1.29 is 0 Å². The van der Waals surface area contributed by atoms with Gasteiger partial charge in [0.15, 0.2) is 0 Å². The molecule has 0 bridgehead atoms. The molecular formula is C35H43N3. The maximum absolute atomic E-state index is 3.69. The zero-order valence-corrected chi connectivity index (χ0v) is 23.6. The van der Waals surface area contributed by atoms with Crippen molar-refractivity contribution in [3.63, 3.8) is 0 Å². The maximum Gasteiger partial charge on any atom is 0.0609 e. The summed E-state index contributed by atoms with van der Waals surface area (Å²) >= 11 is 0. The fourth-order valence-electron chi connectivity index (χ4n) is 5.37. The van der Waals surface area contributed by atoms with Crippen molar-refractivity contribution in [2.24, 2.45) is 0 Å². The molecule has 1 aliphatic rings. The average Bonchev–Trinajstić information content (AvgIpc) is 3.31. The Bertz CT molecular complexity index is 1390. The molecule has 1 heterocycles. The largest absolute Gasteiger partial charge is 0.289 e. The van der Waals surface area contributed by atoms with Crippen molar-refractivity contribution in [2.75, 3.05) is 5.01 Å². The van der Waals surface area contributed by atoms with Crippen molar-refractivity contribution in [3.05, 3.63) is 102 Å². The van der Waals surface area contributed by atoms with E-state index in [0.29, 0.717) is 0 Å². The second-order valence-electron chi connectivity index (χ2n) is 11.9. The number of fused-ring (bicyclic) bond motifs is 2. The summed E-state index contributed by atoms with van der Waals surface area (Å²) in [5, 5.41) is 9.65. The fraction of sp³-hybridized carbons (Fsp3) is 0.371. The van der Waals surface area contributed by atoms with Gasteiger partial charge < -0.3 is 0 Å². The van der Waals surface area contributed by atoms with Gasteiger partial charge in [-0.3, -0.25) is 10.0 Å². The van der Waals surface area contributed by atoms with Crippen LogP contribution in [-0.2, 0) is 12.0 Å². The molecule has 3 heteroatoms. The van der Waals surface area contributed by atoms with Crippen LogP contribution in [0.15, 0.2) is 90.8 Å². The molecule has 0 saturated heterocycles. The van der Waals surface area contributed by atoms with E-state index in [0.717, 1.165) is 13.0 Å². The van der Waals surface area contributed by atoms with Gasteiger partial charge in [0.05, 0.1) is 12.2 Å². The third-order valence-corrected chi connectivity index (χ3v) is 7.77. The molecular weight excluding hydrogens is 462 g/mol. The minimum atomic E-state index is 0.172. The zero-order chi connectivity index (χ0) is 26.5. The number of hydrazine groups is 2. The van der Waals surface area contributed by atoms with Gasteiger partial charge in [-0.25, -0.2) is 0 Å². The van der Waals surface area contributed by atoms with E-state index >= 15 is 0 Å². The molecule has 0 aromatic heterocycles. The van der Waals surface area contributed by atoms with Crippen molar-refractivity contribution in [2.45, 2.75) is 84.6 Å². The van der Waals surface area contributed by atoms with Crippen LogP contribution >= 0.6 is 0 Å². The first-order valence-electron chi connectivity index (χ1n) is 14.5. The van der Waals surface area contributed by atoms with Crippen LogP contribution in [0.25, 0.3) is 21.5 Å². The third-order valence-electron chi connectivity index (χ3n) is 7.77. The molecule has 1 N–H and O–H groups in total. The third kappa shape index (κ3) is 6.22. The summed E-state index contributed by atoms with van der Waals surface area (Å²) in [5.41, 5.74) is 9.09. The summed E-state index contributed by atoms with van der Waals surface area (Å²) in [7, 11) is 0. The van der Waals surface area contributed by atoms with E-state index in [-0.39, 0.29) is 5.41 Å². The molecule has 0 amide bonds. The van der Waals surface area contributed by atoms with Crippen LogP contribution in [0.2, 0.25) is 0 Å². The van der Waals surface area contributed by atoms with Crippen LogP contribution in [0, 0.1) is 0 Å². The first-order chi connectivity index (χ1) is 18.4. The highest BCUT2D eigenvalue weighted by Gasteiger charge is 2.22. The molecule has 4 aromatic rings. The highest BCUT2D eigenvalue weighted by Crippen LogP contribution is 2.30. The van der Waals surface area contributed by atoms with Gasteiger partial charge in [0.1, 0.15) is 0 Å². The Morgan fingerprint density at radius 1 is 0.684 bits per heavy atom. The molecule has 0 aliphatic carbocycles. The van der Waals surface area contributed by atoms with E-state index in [1.54, 1.807) is 0 Å². The van der Waals surface area contributed by atoms with Gasteiger partial charge in [0.2, 0.25) is 0 Å². The van der Waals surface area contributed by atoms with Gasteiger partial charge in [0, 0.05) is 11.9 Å². The molecule has 0 radical (unpaired) electrons. The van der Waals surface area contributed by atoms with E-state index in [4.69, 9.17) is 0 Å². The lowest BCUT2D eigenvalue weighted by Gasteiger charge is -2.26. The Morgan fingerprint density at radius 3 is 2.05 bits per heavy atom. The molecule has 0 atom stereocenters. The predicted octanol–water partition coefficient (Wildman–Crippen LogP) is 9.62. The molecule has 198 valence electrons. The van der Waals surface area contributed by atoms with Crippen LogP contribution in [0.5, 0.6) is 0 Å². The minimum absolute atomic E-state index is 0.172. The van der Waals surface area contributed by atoms with Crippen LogP contribution in [0.4, 0.5) is 5.69 Å². The number of anilines is 1. The number of hydrogen-bond donors (Lipinski definition) is 1. The number of unbranched alkanes of at least 4 members (excludes halogenated alkanes) is 5. The SMILES string of the molecule is CCCCCCCCC1=CN(c2ccc3cc4ccccc4cc3c2)NN1Cc1ccc(C(C)(C)C)cc1. The summed E-state index contributed by atoms with van der Waals surface area (Å²) in [6.07, 6.45) is 11.3. The predicted molar refractivity (Wildman–Crippen MR) is 164 cm³/mol. The molecule has 0 spiro atoms. The van der Waals surface area contributed by atoms with Crippen LogP contribution in [0.1, 0.15) is 83.8 Å². The Kier molecular flexibility index (Phi) is 8.04. The number of rotatable bonds is 10. The number of allylic oxidation sites excluding steroid dienone is 1. The number of nitrogens with zero attached hydrogens (tertiary/aromatic N) is 2. The standard InChI is InChI=1S/C35H43N3/c1-5-6-7-8-9-10-15-34-26-38(36-37(34)25-27-16-19-32(20-17-27)35(2,3)4)33-21-18-30-22-28-13-11-12-14-29(28)23-31(30)24-33/h11-14,16-24,26,36H,5-10,15,25H2,1-4H3. The zero-order valence-electron chi connectivity index (χ0n) is 23.6. The van der Waals surface area contributed by atoms with Crippen LogP contribution < -0.4 is 10.5 Å². The summed E-state index contributed by atoms with van der Waals surface area (Å²) in [6, 6.07) is 29.1. The molecule has 0 saturated carbocycles. The van der Waals surface area contributed by atoms with Crippen molar-refractivity contribution in [1.82, 2.24) is 10.5 Å². The lowest BCUT2D eigenvalue weighted by Crippen LogP contribution is -2.40. The molecule has 0 unspecified atom stereocenters. The van der Waals surface area contributed by atoms with Crippen molar-refractivity contribution in [3.8, 4) is 0 Å². The number of benzene rings is 4. The molecule has 38 heavy (non-hydrogen) atoms. The molecule has 5 rings (SSSR count). The van der Waals surface area contributed by atoms with Gasteiger partial charge in [-0.15, -0.1) is 5.53 Å². The lowest BCUT2D eigenvalue weighted by molar-refractivity contribution is 0.254. The average molecular weight is 506 g/mol. The van der Waals surface area contributed by atoms with Crippen LogP contribution in [0.3, 0.4) is 0 Å². The summed E-state index contributed by atoms with van der Waals surface area (Å²) in [4.78, 5) is 0. The van der Waals surface area contributed by atoms with Gasteiger partial charge in [-0.2, -0.15) is 0 Å². The molecule has 4 aromatic carbocycles. The monoisotopic (exact) mass is 505 g/mol. The minimum Gasteiger partial charge on any atom is -0.289 e.